The number of benzene rings is 1. The van der Waals surface area contributed by atoms with Crippen LogP contribution in [0.1, 0.15) is 0 Å². The summed E-state index contributed by atoms with van der Waals surface area (Å²) in [5.74, 6) is 1.88. The summed E-state index contributed by atoms with van der Waals surface area (Å²) < 4.78 is 15.1. The van der Waals surface area contributed by atoms with Gasteiger partial charge in [-0.05, 0) is 0 Å². The van der Waals surface area contributed by atoms with E-state index < -0.39 is 0 Å². The van der Waals surface area contributed by atoms with Crippen LogP contribution in [-0.4, -0.2) is 27.9 Å². The van der Waals surface area contributed by atoms with Crippen molar-refractivity contribution in [2.75, 3.05) is 14.2 Å². The molecule has 0 atom stereocenters. The van der Waals surface area contributed by atoms with Crippen molar-refractivity contribution in [1.82, 2.24) is 0 Å². The van der Waals surface area contributed by atoms with E-state index in [1.165, 1.54) is 0 Å². The molecule has 0 saturated carbocycles. The Morgan fingerprint density at radius 1 is 1.15 bits per heavy atom. The topological polar surface area (TPSA) is 27.7 Å². The molecule has 1 aromatic rings. The SMILES string of the molecule is [B]=COc1ccc(OC)c(OC)c1. The van der Waals surface area contributed by atoms with E-state index in [4.69, 9.17) is 21.7 Å². The summed E-state index contributed by atoms with van der Waals surface area (Å²) in [7, 11) is 8.24. The average Bonchev–Trinajstić information content (AvgIpc) is 2.18. The predicted molar refractivity (Wildman–Crippen MR) is 52.0 cm³/mol. The van der Waals surface area contributed by atoms with Gasteiger partial charge in [0.25, 0.3) is 0 Å². The van der Waals surface area contributed by atoms with Crippen molar-refractivity contribution in [2.24, 2.45) is 0 Å². The molecule has 1 aromatic carbocycles. The van der Waals surface area contributed by atoms with Crippen LogP contribution in [0.2, 0.25) is 0 Å². The van der Waals surface area contributed by atoms with E-state index in [1.807, 2.05) is 0 Å². The molecule has 4 heteroatoms. The van der Waals surface area contributed by atoms with Gasteiger partial charge in [-0.1, -0.05) is 0 Å². The molecule has 0 N–H and O–H groups in total. The van der Waals surface area contributed by atoms with E-state index in [1.54, 1.807) is 32.4 Å². The Morgan fingerprint density at radius 3 is 2.38 bits per heavy atom. The molecule has 0 aliphatic heterocycles. The van der Waals surface area contributed by atoms with Crippen molar-refractivity contribution in [1.29, 1.82) is 0 Å². The van der Waals surface area contributed by atoms with E-state index in [-0.39, 0.29) is 0 Å². The van der Waals surface area contributed by atoms with Crippen molar-refractivity contribution in [3.05, 3.63) is 18.2 Å². The Balaban J connectivity index is 2.98. The molecule has 0 amide bonds. The van der Waals surface area contributed by atoms with Gasteiger partial charge in [0, 0.05) is 0 Å². The van der Waals surface area contributed by atoms with Gasteiger partial charge in [-0.3, -0.25) is 0 Å². The molecule has 0 aromatic heterocycles. The molecule has 0 saturated heterocycles. The molecule has 13 heavy (non-hydrogen) atoms. The first kappa shape index (κ1) is 9.64. The minimum absolute atomic E-state index is 0.611. The van der Waals surface area contributed by atoms with Crippen LogP contribution in [0.5, 0.6) is 17.2 Å². The van der Waals surface area contributed by atoms with Crippen LogP contribution in [0, 0.1) is 0 Å². The monoisotopic (exact) mass is 177 g/mol. The quantitative estimate of drug-likeness (QED) is 0.642. The van der Waals surface area contributed by atoms with Crippen LogP contribution in [0.15, 0.2) is 18.2 Å². The van der Waals surface area contributed by atoms with E-state index in [2.05, 4.69) is 0 Å². The molecule has 1 rings (SSSR count). The van der Waals surface area contributed by atoms with Crippen LogP contribution in [0.25, 0.3) is 0 Å². The van der Waals surface area contributed by atoms with Gasteiger partial charge in [-0.25, -0.2) is 0 Å². The maximum atomic E-state index is 5.10. The van der Waals surface area contributed by atoms with Gasteiger partial charge in [-0.15, -0.1) is 0 Å². The Labute approximate surface area is 78.3 Å². The zero-order chi connectivity index (χ0) is 9.68. The van der Waals surface area contributed by atoms with Crippen molar-refractivity contribution in [3.63, 3.8) is 0 Å². The summed E-state index contributed by atoms with van der Waals surface area (Å²) in [5, 5.41) is 0. The second kappa shape index (κ2) is 4.55. The summed E-state index contributed by atoms with van der Waals surface area (Å²) in [5.41, 5.74) is 0. The average molecular weight is 177 g/mol. The van der Waals surface area contributed by atoms with Crippen molar-refractivity contribution in [2.45, 2.75) is 0 Å². The van der Waals surface area contributed by atoms with Crippen molar-refractivity contribution in [3.8, 4) is 17.2 Å². The number of hydrogen-bond donors (Lipinski definition) is 0. The number of hydrogen-bond acceptors (Lipinski definition) is 3. The second-order valence-electron chi connectivity index (χ2n) is 2.27. The van der Waals surface area contributed by atoms with Gasteiger partial charge in [0.1, 0.15) is 0 Å². The molecule has 0 fully saturated rings. The van der Waals surface area contributed by atoms with Crippen LogP contribution >= 0.6 is 0 Å². The fourth-order valence-corrected chi connectivity index (χ4v) is 0.968. The molecule has 3 nitrogen and oxygen atoms in total. The molecular formula is C9H10BO3. The molecule has 0 spiro atoms. The van der Waals surface area contributed by atoms with Gasteiger partial charge >= 0.3 is 77.5 Å². The van der Waals surface area contributed by atoms with Crippen LogP contribution in [0.4, 0.5) is 0 Å². The molecule has 0 aliphatic rings. The molecule has 0 unspecified atom stereocenters. The van der Waals surface area contributed by atoms with E-state index in [0.29, 0.717) is 17.2 Å². The standard InChI is InChI=1S/C9H10BO3/c1-11-8-4-3-7(13-6-10)5-9(8)12-2/h3-6H,1-2H3. The summed E-state index contributed by atoms with van der Waals surface area (Å²) >= 11 is 0. The zero-order valence-electron chi connectivity index (χ0n) is 7.61. The molecule has 1 radical (unpaired) electrons. The Kier molecular flexibility index (Phi) is 3.37. The fraction of sp³-hybridized carbons (Fsp3) is 0.222. The maximum absolute atomic E-state index is 5.10. The normalized spacial score (nSPS) is 9.00. The van der Waals surface area contributed by atoms with E-state index in [0.717, 1.165) is 6.15 Å². The van der Waals surface area contributed by atoms with Gasteiger partial charge in [-0.2, -0.15) is 0 Å². The third kappa shape index (κ3) is 2.24. The van der Waals surface area contributed by atoms with Crippen LogP contribution in [-0.2, 0) is 0 Å². The summed E-state index contributed by atoms with van der Waals surface area (Å²) in [4.78, 5) is 0. The van der Waals surface area contributed by atoms with Gasteiger partial charge in [0.15, 0.2) is 0 Å². The molecule has 0 heterocycles. The minimum atomic E-state index is 0.611. The number of ether oxygens (including phenoxy) is 3. The van der Waals surface area contributed by atoms with Crippen LogP contribution in [0.3, 0.4) is 0 Å². The number of methoxy groups -OCH3 is 2. The molecule has 0 aliphatic carbocycles. The van der Waals surface area contributed by atoms with Crippen molar-refractivity contribution >= 4 is 13.6 Å². The fourth-order valence-electron chi connectivity index (χ4n) is 0.968. The predicted octanol–water partition coefficient (Wildman–Crippen LogP) is 1.01. The molecule has 0 bridgehead atoms. The van der Waals surface area contributed by atoms with Gasteiger partial charge in [0.2, 0.25) is 0 Å². The Hall–Kier alpha value is -1.45. The van der Waals surface area contributed by atoms with Crippen LogP contribution < -0.4 is 14.2 Å². The molecule has 67 valence electrons. The third-order valence-electron chi connectivity index (χ3n) is 1.56. The number of rotatable bonds is 4. The second-order valence-corrected chi connectivity index (χ2v) is 2.27. The van der Waals surface area contributed by atoms with Crippen molar-refractivity contribution < 1.29 is 14.2 Å². The van der Waals surface area contributed by atoms with E-state index >= 15 is 0 Å². The Bertz CT molecular complexity index is 299. The third-order valence-corrected chi connectivity index (χ3v) is 1.56. The zero-order valence-corrected chi connectivity index (χ0v) is 7.61. The summed E-state index contributed by atoms with van der Waals surface area (Å²) in [6, 6.07) is 5.19. The first-order chi connectivity index (χ1) is 6.31. The first-order valence-corrected chi connectivity index (χ1v) is 3.74. The first-order valence-electron chi connectivity index (χ1n) is 3.74. The van der Waals surface area contributed by atoms with Gasteiger partial charge < -0.3 is 0 Å². The Morgan fingerprint density at radius 2 is 1.85 bits per heavy atom. The summed E-state index contributed by atoms with van der Waals surface area (Å²) in [6.07, 6.45) is 1.11. The molecular weight excluding hydrogens is 167 g/mol. The van der Waals surface area contributed by atoms with E-state index in [9.17, 15) is 0 Å². The summed E-state index contributed by atoms with van der Waals surface area (Å²) in [6.45, 7) is 0. The van der Waals surface area contributed by atoms with Gasteiger partial charge in [0.05, 0.1) is 0 Å².